The summed E-state index contributed by atoms with van der Waals surface area (Å²) in [6.07, 6.45) is 6.02. The molecular weight excluding hydrogens is 240 g/mol. The molecule has 0 radical (unpaired) electrons. The number of hydrogen-bond acceptors (Lipinski definition) is 2. The minimum absolute atomic E-state index is 0.703. The Morgan fingerprint density at radius 1 is 1.36 bits per heavy atom. The Bertz CT molecular complexity index is 336. The Morgan fingerprint density at radius 3 is 2.86 bits per heavy atom. The fourth-order valence-corrected chi connectivity index (χ4v) is 3.03. The van der Waals surface area contributed by atoms with E-state index in [0.717, 1.165) is 10.6 Å². The first-order valence-electron chi connectivity index (χ1n) is 5.20. The normalized spacial score (nSPS) is 35.1. The van der Waals surface area contributed by atoms with E-state index in [4.69, 9.17) is 0 Å². The van der Waals surface area contributed by atoms with Crippen LogP contribution >= 0.6 is 15.9 Å². The molecule has 0 aliphatic carbocycles. The van der Waals surface area contributed by atoms with Gasteiger partial charge in [-0.1, -0.05) is 6.07 Å². The van der Waals surface area contributed by atoms with Gasteiger partial charge in [-0.25, -0.2) is 4.98 Å². The Morgan fingerprint density at radius 2 is 2.29 bits per heavy atom. The zero-order valence-electron chi connectivity index (χ0n) is 7.91. The number of nitrogens with zero attached hydrogens (tertiary/aromatic N) is 1. The van der Waals surface area contributed by atoms with Crippen molar-refractivity contribution in [2.24, 2.45) is 0 Å². The first kappa shape index (κ1) is 8.86. The van der Waals surface area contributed by atoms with E-state index in [0.29, 0.717) is 12.0 Å². The molecule has 74 valence electrons. The number of rotatable bonds is 1. The molecule has 2 nitrogen and oxygen atoms in total. The van der Waals surface area contributed by atoms with Crippen molar-refractivity contribution in [3.63, 3.8) is 0 Å². The molecule has 3 rings (SSSR count). The molecule has 2 saturated heterocycles. The smallest absolute Gasteiger partial charge is 0.106 e. The van der Waals surface area contributed by atoms with Crippen LogP contribution in [-0.2, 0) is 0 Å². The molecule has 1 aromatic rings. The molecule has 14 heavy (non-hydrogen) atoms. The van der Waals surface area contributed by atoms with Crippen molar-refractivity contribution in [1.29, 1.82) is 0 Å². The number of nitrogens with one attached hydrogen (secondary N) is 1. The van der Waals surface area contributed by atoms with Crippen molar-refractivity contribution in [2.75, 3.05) is 0 Å². The van der Waals surface area contributed by atoms with Gasteiger partial charge in [0.25, 0.3) is 0 Å². The lowest BCUT2D eigenvalue weighted by molar-refractivity contribution is 0.505. The summed E-state index contributed by atoms with van der Waals surface area (Å²) in [5, 5.41) is 3.65. The summed E-state index contributed by atoms with van der Waals surface area (Å²) >= 11 is 3.37. The molecular formula is C11H13BrN2. The second kappa shape index (κ2) is 3.31. The van der Waals surface area contributed by atoms with Gasteiger partial charge in [0.2, 0.25) is 0 Å². The monoisotopic (exact) mass is 252 g/mol. The van der Waals surface area contributed by atoms with Gasteiger partial charge in [-0.3, -0.25) is 0 Å². The third kappa shape index (κ3) is 1.39. The molecule has 3 atom stereocenters. The van der Waals surface area contributed by atoms with Crippen molar-refractivity contribution >= 4 is 15.9 Å². The fourth-order valence-electron chi connectivity index (χ4n) is 2.80. The molecule has 0 aromatic carbocycles. The predicted molar refractivity (Wildman–Crippen MR) is 59.2 cm³/mol. The maximum atomic E-state index is 4.30. The van der Waals surface area contributed by atoms with E-state index in [9.17, 15) is 0 Å². The van der Waals surface area contributed by atoms with Gasteiger partial charge in [-0.15, -0.1) is 0 Å². The standard InChI is InChI=1S/C11H13BrN2/c12-11-4-1-7(6-13-11)9-5-8-2-3-10(9)14-8/h1,4,6,8-10,14H,2-3,5H2/t8-,9-,10-/m1/s1. The highest BCUT2D eigenvalue weighted by molar-refractivity contribution is 9.10. The van der Waals surface area contributed by atoms with Crippen molar-refractivity contribution in [1.82, 2.24) is 10.3 Å². The lowest BCUT2D eigenvalue weighted by atomic mass is 9.85. The lowest BCUT2D eigenvalue weighted by Crippen LogP contribution is -2.21. The van der Waals surface area contributed by atoms with E-state index in [1.807, 2.05) is 12.3 Å². The number of fused-ring (bicyclic) bond motifs is 2. The summed E-state index contributed by atoms with van der Waals surface area (Å²) in [6, 6.07) is 5.72. The highest BCUT2D eigenvalue weighted by Gasteiger charge is 2.39. The second-order valence-electron chi connectivity index (χ2n) is 4.30. The zero-order valence-corrected chi connectivity index (χ0v) is 9.50. The number of halogens is 1. The SMILES string of the molecule is Brc1ccc([C@H]2C[C@H]3CC[C@H]2N3)cn1. The van der Waals surface area contributed by atoms with Crippen LogP contribution in [0.5, 0.6) is 0 Å². The Labute approximate surface area is 92.2 Å². The average Bonchev–Trinajstić information content (AvgIpc) is 2.80. The highest BCUT2D eigenvalue weighted by atomic mass is 79.9. The number of hydrogen-bond donors (Lipinski definition) is 1. The third-order valence-electron chi connectivity index (χ3n) is 3.48. The summed E-state index contributed by atoms with van der Waals surface area (Å²) in [4.78, 5) is 4.30. The van der Waals surface area contributed by atoms with Gasteiger partial charge in [0.05, 0.1) is 0 Å². The van der Waals surface area contributed by atoms with Crippen molar-refractivity contribution < 1.29 is 0 Å². The molecule has 2 fully saturated rings. The lowest BCUT2D eigenvalue weighted by Gasteiger charge is -2.19. The van der Waals surface area contributed by atoms with Crippen LogP contribution in [0.1, 0.15) is 30.7 Å². The van der Waals surface area contributed by atoms with E-state index >= 15 is 0 Å². The van der Waals surface area contributed by atoms with E-state index in [2.05, 4.69) is 32.3 Å². The molecule has 2 bridgehead atoms. The predicted octanol–water partition coefficient (Wildman–Crippen LogP) is 2.45. The van der Waals surface area contributed by atoms with Crippen LogP contribution < -0.4 is 5.32 Å². The second-order valence-corrected chi connectivity index (χ2v) is 5.12. The van der Waals surface area contributed by atoms with Crippen LogP contribution in [0.25, 0.3) is 0 Å². The Kier molecular flexibility index (Phi) is 2.10. The van der Waals surface area contributed by atoms with Crippen molar-refractivity contribution in [2.45, 2.75) is 37.3 Å². The van der Waals surface area contributed by atoms with Gasteiger partial charge in [0, 0.05) is 24.2 Å². The summed E-state index contributed by atoms with van der Waals surface area (Å²) in [5.41, 5.74) is 1.40. The van der Waals surface area contributed by atoms with E-state index in [1.165, 1.54) is 24.8 Å². The Balaban J connectivity index is 1.86. The van der Waals surface area contributed by atoms with Crippen LogP contribution in [0.2, 0.25) is 0 Å². The van der Waals surface area contributed by atoms with E-state index < -0.39 is 0 Å². The van der Waals surface area contributed by atoms with Gasteiger partial charge < -0.3 is 5.32 Å². The molecule has 0 spiro atoms. The Hall–Kier alpha value is -0.410. The zero-order chi connectivity index (χ0) is 9.54. The molecule has 0 saturated carbocycles. The average molecular weight is 253 g/mol. The first-order chi connectivity index (χ1) is 6.83. The summed E-state index contributed by atoms with van der Waals surface area (Å²) in [7, 11) is 0. The van der Waals surface area contributed by atoms with Crippen LogP contribution in [-0.4, -0.2) is 17.1 Å². The van der Waals surface area contributed by atoms with E-state index in [1.54, 1.807) is 0 Å². The van der Waals surface area contributed by atoms with Crippen LogP contribution in [0.15, 0.2) is 22.9 Å². The molecule has 0 amide bonds. The summed E-state index contributed by atoms with van der Waals surface area (Å²) in [5.74, 6) is 0.703. The molecule has 2 aliphatic heterocycles. The maximum Gasteiger partial charge on any atom is 0.106 e. The third-order valence-corrected chi connectivity index (χ3v) is 3.95. The van der Waals surface area contributed by atoms with Gasteiger partial charge in [-0.2, -0.15) is 0 Å². The van der Waals surface area contributed by atoms with Gasteiger partial charge in [-0.05, 0) is 46.8 Å². The quantitative estimate of drug-likeness (QED) is 0.777. The van der Waals surface area contributed by atoms with Crippen LogP contribution in [0.3, 0.4) is 0 Å². The topological polar surface area (TPSA) is 24.9 Å². The highest BCUT2D eigenvalue weighted by Crippen LogP contribution is 2.39. The minimum Gasteiger partial charge on any atom is -0.311 e. The fraction of sp³-hybridized carbons (Fsp3) is 0.545. The first-order valence-corrected chi connectivity index (χ1v) is 6.00. The van der Waals surface area contributed by atoms with Crippen LogP contribution in [0.4, 0.5) is 0 Å². The molecule has 1 N–H and O–H groups in total. The molecule has 0 unspecified atom stereocenters. The minimum atomic E-state index is 0.703. The van der Waals surface area contributed by atoms with Crippen LogP contribution in [0, 0.1) is 0 Å². The summed E-state index contributed by atoms with van der Waals surface area (Å²) in [6.45, 7) is 0. The largest absolute Gasteiger partial charge is 0.311 e. The van der Waals surface area contributed by atoms with Gasteiger partial charge in [0.1, 0.15) is 4.60 Å². The molecule has 3 heterocycles. The molecule has 3 heteroatoms. The van der Waals surface area contributed by atoms with Gasteiger partial charge >= 0.3 is 0 Å². The van der Waals surface area contributed by atoms with Gasteiger partial charge in [0.15, 0.2) is 0 Å². The maximum absolute atomic E-state index is 4.30. The summed E-state index contributed by atoms with van der Waals surface area (Å²) < 4.78 is 0.928. The molecule has 2 aliphatic rings. The molecule has 1 aromatic heterocycles. The van der Waals surface area contributed by atoms with Crippen molar-refractivity contribution in [3.8, 4) is 0 Å². The number of pyridine rings is 1. The van der Waals surface area contributed by atoms with E-state index in [-0.39, 0.29) is 0 Å². The van der Waals surface area contributed by atoms with Crippen molar-refractivity contribution in [3.05, 3.63) is 28.5 Å². The number of aromatic nitrogens is 1.